The smallest absolute Gasteiger partial charge is 0.228 e. The molecular weight excluding hydrogens is 348 g/mol. The molecule has 0 unspecified atom stereocenters. The predicted molar refractivity (Wildman–Crippen MR) is 113 cm³/mol. The van der Waals surface area contributed by atoms with Crippen LogP contribution in [-0.2, 0) is 28.9 Å². The maximum atomic E-state index is 12.9. The van der Waals surface area contributed by atoms with E-state index >= 15 is 0 Å². The van der Waals surface area contributed by atoms with E-state index in [4.69, 9.17) is 0 Å². The Kier molecular flexibility index (Phi) is 5.21. The first-order valence-corrected chi connectivity index (χ1v) is 10.4. The van der Waals surface area contributed by atoms with E-state index in [1.165, 1.54) is 16.7 Å². The van der Waals surface area contributed by atoms with Crippen LogP contribution >= 0.6 is 0 Å². The molecule has 0 radical (unpaired) electrons. The maximum Gasteiger partial charge on any atom is 0.228 e. The predicted octanol–water partition coefficient (Wildman–Crippen LogP) is 4.61. The number of aryl methyl sites for hydroxylation is 2. The number of nitrogens with zero attached hydrogens (tertiary/aromatic N) is 1. The first-order chi connectivity index (χ1) is 13.5. The average Bonchev–Trinajstić information content (AvgIpc) is 3.06. The highest BCUT2D eigenvalue weighted by Crippen LogP contribution is 2.31. The van der Waals surface area contributed by atoms with Crippen molar-refractivity contribution in [3.05, 3.63) is 58.7 Å². The van der Waals surface area contributed by atoms with Crippen LogP contribution in [0.25, 0.3) is 0 Å². The van der Waals surface area contributed by atoms with Crippen LogP contribution in [0.3, 0.4) is 0 Å². The van der Waals surface area contributed by atoms with Gasteiger partial charge in [0.2, 0.25) is 11.8 Å². The van der Waals surface area contributed by atoms with Crippen LogP contribution in [0, 0.1) is 0 Å². The molecule has 0 fully saturated rings. The molecule has 2 heterocycles. The summed E-state index contributed by atoms with van der Waals surface area (Å²) in [5, 5.41) is 2.86. The third-order valence-corrected chi connectivity index (χ3v) is 5.84. The lowest BCUT2D eigenvalue weighted by molar-refractivity contribution is -0.119. The molecule has 0 aromatic heterocycles. The highest BCUT2D eigenvalue weighted by Gasteiger charge is 2.23. The van der Waals surface area contributed by atoms with Gasteiger partial charge in [-0.15, -0.1) is 0 Å². The number of carbonyl (C=O) groups excluding carboxylic acids is 2. The summed E-state index contributed by atoms with van der Waals surface area (Å²) < 4.78 is 0. The highest BCUT2D eigenvalue weighted by molar-refractivity contribution is 5.99. The van der Waals surface area contributed by atoms with E-state index in [2.05, 4.69) is 49.5 Å². The Labute approximate surface area is 166 Å². The van der Waals surface area contributed by atoms with E-state index in [1.54, 1.807) is 0 Å². The number of benzene rings is 2. The van der Waals surface area contributed by atoms with Crippen molar-refractivity contribution in [1.29, 1.82) is 0 Å². The molecule has 2 aliphatic heterocycles. The van der Waals surface area contributed by atoms with E-state index in [0.29, 0.717) is 18.8 Å². The van der Waals surface area contributed by atoms with Crippen molar-refractivity contribution in [1.82, 2.24) is 0 Å². The van der Waals surface area contributed by atoms with Crippen molar-refractivity contribution >= 4 is 23.2 Å². The fourth-order valence-electron chi connectivity index (χ4n) is 4.25. The number of anilines is 2. The molecule has 0 aliphatic carbocycles. The number of carbonyl (C=O) groups is 2. The van der Waals surface area contributed by atoms with E-state index in [-0.39, 0.29) is 11.8 Å². The standard InChI is InChI=1S/C24H28N2O2/c1-16(2)18-9-11-22-19(14-18)6-4-12-26(22)24(28)7-3-5-17-8-10-21-20(13-17)15-23(27)25-21/h8-11,13-14,16H,3-7,12,15H2,1-2H3,(H,25,27). The van der Waals surface area contributed by atoms with Gasteiger partial charge >= 0.3 is 0 Å². The van der Waals surface area contributed by atoms with Crippen LogP contribution in [0.1, 0.15) is 61.3 Å². The Morgan fingerprint density at radius 1 is 1.14 bits per heavy atom. The number of nitrogens with one attached hydrogen (secondary N) is 1. The molecule has 4 heteroatoms. The Morgan fingerprint density at radius 2 is 2.00 bits per heavy atom. The molecule has 0 saturated heterocycles. The molecule has 0 saturated carbocycles. The molecule has 28 heavy (non-hydrogen) atoms. The Balaban J connectivity index is 1.37. The van der Waals surface area contributed by atoms with E-state index in [1.807, 2.05) is 11.0 Å². The fourth-order valence-corrected chi connectivity index (χ4v) is 4.25. The molecule has 1 N–H and O–H groups in total. The molecule has 4 nitrogen and oxygen atoms in total. The van der Waals surface area contributed by atoms with Crippen LogP contribution in [-0.4, -0.2) is 18.4 Å². The molecule has 0 atom stereocenters. The zero-order chi connectivity index (χ0) is 19.7. The van der Waals surface area contributed by atoms with Crippen LogP contribution < -0.4 is 10.2 Å². The van der Waals surface area contributed by atoms with Crippen LogP contribution in [0.2, 0.25) is 0 Å². The van der Waals surface area contributed by atoms with E-state index in [0.717, 1.165) is 49.2 Å². The summed E-state index contributed by atoms with van der Waals surface area (Å²) in [5.41, 5.74) is 6.95. The van der Waals surface area contributed by atoms with Gasteiger partial charge in [-0.2, -0.15) is 0 Å². The van der Waals surface area contributed by atoms with Gasteiger partial charge in [0.05, 0.1) is 6.42 Å². The third-order valence-electron chi connectivity index (χ3n) is 5.84. The Morgan fingerprint density at radius 3 is 2.82 bits per heavy atom. The molecule has 0 spiro atoms. The first kappa shape index (κ1) is 18.7. The van der Waals surface area contributed by atoms with Crippen molar-refractivity contribution in [2.75, 3.05) is 16.8 Å². The second kappa shape index (κ2) is 7.78. The van der Waals surface area contributed by atoms with Crippen LogP contribution in [0.4, 0.5) is 11.4 Å². The van der Waals surface area contributed by atoms with Crippen LogP contribution in [0.15, 0.2) is 36.4 Å². The molecule has 2 aromatic carbocycles. The Hall–Kier alpha value is -2.62. The van der Waals surface area contributed by atoms with Crippen LogP contribution in [0.5, 0.6) is 0 Å². The normalized spacial score (nSPS) is 15.4. The SMILES string of the molecule is CC(C)c1ccc2c(c1)CCCN2C(=O)CCCc1ccc2c(c1)CC(=O)N2. The van der Waals surface area contributed by atoms with Crippen molar-refractivity contribution in [2.45, 2.75) is 58.3 Å². The zero-order valence-corrected chi connectivity index (χ0v) is 16.8. The minimum atomic E-state index is 0.0618. The largest absolute Gasteiger partial charge is 0.326 e. The van der Waals surface area contributed by atoms with Crippen molar-refractivity contribution < 1.29 is 9.59 Å². The molecule has 4 rings (SSSR count). The lowest BCUT2D eigenvalue weighted by atomic mass is 9.94. The first-order valence-electron chi connectivity index (χ1n) is 10.4. The molecular formula is C24H28N2O2. The highest BCUT2D eigenvalue weighted by atomic mass is 16.2. The van der Waals surface area contributed by atoms with Gasteiger partial charge in [-0.25, -0.2) is 0 Å². The quantitative estimate of drug-likeness (QED) is 0.829. The Bertz CT molecular complexity index is 917. The van der Waals surface area contributed by atoms with E-state index in [9.17, 15) is 9.59 Å². The summed E-state index contributed by atoms with van der Waals surface area (Å²) in [6, 6.07) is 12.7. The van der Waals surface area contributed by atoms with Gasteiger partial charge < -0.3 is 10.2 Å². The van der Waals surface area contributed by atoms with Gasteiger partial charge in [-0.3, -0.25) is 9.59 Å². The van der Waals surface area contributed by atoms with Gasteiger partial charge in [-0.1, -0.05) is 38.1 Å². The average molecular weight is 377 g/mol. The van der Waals surface area contributed by atoms with E-state index < -0.39 is 0 Å². The van der Waals surface area contributed by atoms with Gasteiger partial charge in [0.15, 0.2) is 0 Å². The lowest BCUT2D eigenvalue weighted by Gasteiger charge is -2.30. The summed E-state index contributed by atoms with van der Waals surface area (Å²) in [7, 11) is 0. The van der Waals surface area contributed by atoms with Gasteiger partial charge in [0, 0.05) is 24.3 Å². The minimum absolute atomic E-state index is 0.0618. The molecule has 2 amide bonds. The number of amides is 2. The summed E-state index contributed by atoms with van der Waals surface area (Å²) in [6.07, 6.45) is 4.80. The third kappa shape index (κ3) is 3.82. The lowest BCUT2D eigenvalue weighted by Crippen LogP contribution is -2.35. The van der Waals surface area contributed by atoms with Crippen molar-refractivity contribution in [2.24, 2.45) is 0 Å². The summed E-state index contributed by atoms with van der Waals surface area (Å²) >= 11 is 0. The zero-order valence-electron chi connectivity index (χ0n) is 16.8. The fraction of sp³-hybridized carbons (Fsp3) is 0.417. The maximum absolute atomic E-state index is 12.9. The number of hydrogen-bond acceptors (Lipinski definition) is 2. The molecule has 0 bridgehead atoms. The van der Waals surface area contributed by atoms with Gasteiger partial charge in [-0.05, 0) is 66.0 Å². The summed E-state index contributed by atoms with van der Waals surface area (Å²) in [6.45, 7) is 5.23. The topological polar surface area (TPSA) is 49.4 Å². The van der Waals surface area contributed by atoms with Crippen molar-refractivity contribution in [3.8, 4) is 0 Å². The number of hydrogen-bond donors (Lipinski definition) is 1. The second-order valence-corrected chi connectivity index (χ2v) is 8.26. The molecule has 2 aromatic rings. The summed E-state index contributed by atoms with van der Waals surface area (Å²) in [5.74, 6) is 0.789. The summed E-state index contributed by atoms with van der Waals surface area (Å²) in [4.78, 5) is 26.3. The van der Waals surface area contributed by atoms with Gasteiger partial charge in [0.25, 0.3) is 0 Å². The second-order valence-electron chi connectivity index (χ2n) is 8.26. The molecule has 146 valence electrons. The number of fused-ring (bicyclic) bond motifs is 2. The molecule has 2 aliphatic rings. The van der Waals surface area contributed by atoms with Crippen molar-refractivity contribution in [3.63, 3.8) is 0 Å². The number of rotatable bonds is 5. The monoisotopic (exact) mass is 376 g/mol. The minimum Gasteiger partial charge on any atom is -0.326 e. The van der Waals surface area contributed by atoms with Gasteiger partial charge in [0.1, 0.15) is 0 Å².